The van der Waals surface area contributed by atoms with Crippen LogP contribution in [0.2, 0.25) is 0 Å². The van der Waals surface area contributed by atoms with Crippen molar-refractivity contribution in [2.75, 3.05) is 18.5 Å². The van der Waals surface area contributed by atoms with Crippen LogP contribution in [0.5, 0.6) is 0 Å². The summed E-state index contributed by atoms with van der Waals surface area (Å²) in [5.41, 5.74) is 8.68. The SMILES string of the molecule is Cc1ccc(N(C)C(C)(CN)CC2CC2)cc1. The molecule has 0 saturated heterocycles. The van der Waals surface area contributed by atoms with E-state index >= 15 is 0 Å². The van der Waals surface area contributed by atoms with Gasteiger partial charge in [0.25, 0.3) is 0 Å². The number of rotatable bonds is 5. The summed E-state index contributed by atoms with van der Waals surface area (Å²) in [5, 5.41) is 0. The van der Waals surface area contributed by atoms with Gasteiger partial charge in [-0.3, -0.25) is 0 Å². The number of aryl methyl sites for hydroxylation is 1. The van der Waals surface area contributed by atoms with Crippen molar-refractivity contribution in [1.82, 2.24) is 0 Å². The van der Waals surface area contributed by atoms with Crippen molar-refractivity contribution in [2.24, 2.45) is 11.7 Å². The number of hydrogen-bond donors (Lipinski definition) is 1. The molecule has 1 aliphatic rings. The highest BCUT2D eigenvalue weighted by molar-refractivity contribution is 5.49. The van der Waals surface area contributed by atoms with Gasteiger partial charge in [0.05, 0.1) is 0 Å². The van der Waals surface area contributed by atoms with Crippen molar-refractivity contribution >= 4 is 5.69 Å². The van der Waals surface area contributed by atoms with Crippen LogP contribution in [0.3, 0.4) is 0 Å². The molecule has 1 aromatic carbocycles. The lowest BCUT2D eigenvalue weighted by atomic mass is 9.92. The largest absolute Gasteiger partial charge is 0.368 e. The molecule has 2 heteroatoms. The summed E-state index contributed by atoms with van der Waals surface area (Å²) >= 11 is 0. The molecule has 94 valence electrons. The molecule has 1 saturated carbocycles. The number of anilines is 1. The Morgan fingerprint density at radius 3 is 2.35 bits per heavy atom. The van der Waals surface area contributed by atoms with Crippen LogP contribution in [0.25, 0.3) is 0 Å². The lowest BCUT2D eigenvalue weighted by Crippen LogP contribution is -2.50. The molecule has 0 aromatic heterocycles. The number of likely N-dealkylation sites (N-methyl/N-ethyl adjacent to an activating group) is 1. The average Bonchev–Trinajstić information content (AvgIpc) is 3.13. The zero-order valence-electron chi connectivity index (χ0n) is 11.2. The monoisotopic (exact) mass is 232 g/mol. The molecule has 0 radical (unpaired) electrons. The highest BCUT2D eigenvalue weighted by Gasteiger charge is 2.35. The summed E-state index contributed by atoms with van der Waals surface area (Å²) in [6.45, 7) is 5.12. The van der Waals surface area contributed by atoms with Crippen molar-refractivity contribution in [3.05, 3.63) is 29.8 Å². The third kappa shape index (κ3) is 2.81. The standard InChI is InChI=1S/C15H24N2/c1-12-4-8-14(9-5-12)17(3)15(2,11-16)10-13-6-7-13/h4-5,8-9,13H,6-7,10-11,16H2,1-3H3. The second-order valence-corrected chi connectivity index (χ2v) is 5.74. The van der Waals surface area contributed by atoms with Gasteiger partial charge in [-0.15, -0.1) is 0 Å². The maximum Gasteiger partial charge on any atom is 0.0495 e. The molecular formula is C15H24N2. The van der Waals surface area contributed by atoms with Gasteiger partial charge in [0.1, 0.15) is 0 Å². The first-order valence-corrected chi connectivity index (χ1v) is 6.56. The third-order valence-electron chi connectivity index (χ3n) is 4.10. The van der Waals surface area contributed by atoms with E-state index in [-0.39, 0.29) is 5.54 Å². The molecule has 1 atom stereocenters. The molecule has 1 unspecified atom stereocenters. The fraction of sp³-hybridized carbons (Fsp3) is 0.600. The molecule has 2 N–H and O–H groups in total. The molecule has 17 heavy (non-hydrogen) atoms. The van der Waals surface area contributed by atoms with Gasteiger partial charge in [0.2, 0.25) is 0 Å². The van der Waals surface area contributed by atoms with Crippen LogP contribution < -0.4 is 10.6 Å². The Morgan fingerprint density at radius 1 is 1.29 bits per heavy atom. The zero-order chi connectivity index (χ0) is 12.5. The third-order valence-corrected chi connectivity index (χ3v) is 4.10. The molecule has 0 heterocycles. The predicted octanol–water partition coefficient (Wildman–Crippen LogP) is 2.95. The molecule has 1 aromatic rings. The molecule has 1 aliphatic carbocycles. The van der Waals surface area contributed by atoms with Crippen LogP contribution in [0.15, 0.2) is 24.3 Å². The molecule has 0 spiro atoms. The fourth-order valence-corrected chi connectivity index (χ4v) is 2.38. The average molecular weight is 232 g/mol. The first-order chi connectivity index (χ1) is 8.05. The smallest absolute Gasteiger partial charge is 0.0495 e. The number of nitrogens with two attached hydrogens (primary N) is 1. The molecule has 1 fully saturated rings. The van der Waals surface area contributed by atoms with Crippen LogP contribution in [0, 0.1) is 12.8 Å². The van der Waals surface area contributed by atoms with E-state index in [0.717, 1.165) is 5.92 Å². The van der Waals surface area contributed by atoms with E-state index in [1.807, 2.05) is 0 Å². The van der Waals surface area contributed by atoms with Gasteiger partial charge in [-0.1, -0.05) is 30.5 Å². The first-order valence-electron chi connectivity index (χ1n) is 6.56. The molecule has 2 rings (SSSR count). The highest BCUT2D eigenvalue weighted by Crippen LogP contribution is 2.39. The van der Waals surface area contributed by atoms with Gasteiger partial charge in [-0.05, 0) is 38.3 Å². The first kappa shape index (κ1) is 12.4. The maximum absolute atomic E-state index is 6.01. The van der Waals surface area contributed by atoms with E-state index in [2.05, 4.69) is 50.1 Å². The molecule has 2 nitrogen and oxygen atoms in total. The lowest BCUT2D eigenvalue weighted by molar-refractivity contribution is 0.397. The lowest BCUT2D eigenvalue weighted by Gasteiger charge is -2.40. The van der Waals surface area contributed by atoms with Crippen LogP contribution in [-0.4, -0.2) is 19.1 Å². The minimum Gasteiger partial charge on any atom is -0.368 e. The van der Waals surface area contributed by atoms with E-state index < -0.39 is 0 Å². The Morgan fingerprint density at radius 2 is 1.88 bits per heavy atom. The minimum absolute atomic E-state index is 0.0937. The van der Waals surface area contributed by atoms with Gasteiger partial charge >= 0.3 is 0 Å². The van der Waals surface area contributed by atoms with Crippen molar-refractivity contribution in [1.29, 1.82) is 0 Å². The van der Waals surface area contributed by atoms with E-state index in [4.69, 9.17) is 5.73 Å². The van der Waals surface area contributed by atoms with Crippen molar-refractivity contribution in [3.63, 3.8) is 0 Å². The zero-order valence-corrected chi connectivity index (χ0v) is 11.2. The van der Waals surface area contributed by atoms with Gasteiger partial charge < -0.3 is 10.6 Å². The predicted molar refractivity (Wildman–Crippen MR) is 74.4 cm³/mol. The molecule has 0 bridgehead atoms. The van der Waals surface area contributed by atoms with E-state index in [0.29, 0.717) is 6.54 Å². The van der Waals surface area contributed by atoms with Crippen LogP contribution in [-0.2, 0) is 0 Å². The Kier molecular flexibility index (Phi) is 3.43. The van der Waals surface area contributed by atoms with Crippen molar-refractivity contribution in [2.45, 2.75) is 38.6 Å². The fourth-order valence-electron chi connectivity index (χ4n) is 2.38. The van der Waals surface area contributed by atoms with Gasteiger partial charge in [-0.25, -0.2) is 0 Å². The molecular weight excluding hydrogens is 208 g/mol. The Labute approximate surface area is 105 Å². The quantitative estimate of drug-likeness (QED) is 0.845. The molecule has 0 aliphatic heterocycles. The Balaban J connectivity index is 2.14. The van der Waals surface area contributed by atoms with E-state index in [9.17, 15) is 0 Å². The topological polar surface area (TPSA) is 29.3 Å². The Hall–Kier alpha value is -1.02. The number of benzene rings is 1. The second-order valence-electron chi connectivity index (χ2n) is 5.74. The summed E-state index contributed by atoms with van der Waals surface area (Å²) < 4.78 is 0. The summed E-state index contributed by atoms with van der Waals surface area (Å²) in [5.74, 6) is 0.899. The van der Waals surface area contributed by atoms with Gasteiger partial charge in [0, 0.05) is 24.8 Å². The van der Waals surface area contributed by atoms with Crippen LogP contribution >= 0.6 is 0 Å². The highest BCUT2D eigenvalue weighted by atomic mass is 15.2. The van der Waals surface area contributed by atoms with Gasteiger partial charge in [-0.2, -0.15) is 0 Å². The number of nitrogens with zero attached hydrogens (tertiary/aromatic N) is 1. The molecule has 0 amide bonds. The summed E-state index contributed by atoms with van der Waals surface area (Å²) in [6, 6.07) is 8.71. The maximum atomic E-state index is 6.01. The second kappa shape index (κ2) is 4.69. The minimum atomic E-state index is 0.0937. The summed E-state index contributed by atoms with van der Waals surface area (Å²) in [6.07, 6.45) is 3.99. The van der Waals surface area contributed by atoms with E-state index in [1.54, 1.807) is 0 Å². The van der Waals surface area contributed by atoms with Gasteiger partial charge in [0.15, 0.2) is 0 Å². The summed E-state index contributed by atoms with van der Waals surface area (Å²) in [7, 11) is 2.17. The normalized spacial score (nSPS) is 18.8. The Bertz CT molecular complexity index is 367. The van der Waals surface area contributed by atoms with Crippen LogP contribution in [0.4, 0.5) is 5.69 Å². The van der Waals surface area contributed by atoms with Crippen molar-refractivity contribution < 1.29 is 0 Å². The van der Waals surface area contributed by atoms with Crippen molar-refractivity contribution in [3.8, 4) is 0 Å². The van der Waals surface area contributed by atoms with E-state index in [1.165, 1.54) is 30.5 Å². The van der Waals surface area contributed by atoms with Crippen LogP contribution in [0.1, 0.15) is 31.7 Å². The summed E-state index contributed by atoms with van der Waals surface area (Å²) in [4.78, 5) is 2.35. The number of hydrogen-bond acceptors (Lipinski definition) is 2.